The SMILES string of the molecule is CC(=O)OCCCC(O)OC(C)=O.CC(=O)[O][Ti]. The second-order valence-corrected chi connectivity index (χ2v) is 3.46. The summed E-state index contributed by atoms with van der Waals surface area (Å²) in [6.07, 6.45) is -0.367. The monoisotopic (exact) mass is 297 g/mol. The van der Waals surface area contributed by atoms with Crippen molar-refractivity contribution in [3.63, 3.8) is 0 Å². The molecule has 1 N–H and O–H groups in total. The zero-order valence-electron chi connectivity index (χ0n) is 10.6. The molecule has 0 spiro atoms. The van der Waals surface area contributed by atoms with E-state index in [4.69, 9.17) is 5.11 Å². The molecule has 0 aromatic rings. The van der Waals surface area contributed by atoms with Crippen molar-refractivity contribution in [3.05, 3.63) is 0 Å². The maximum absolute atomic E-state index is 10.3. The summed E-state index contributed by atoms with van der Waals surface area (Å²) in [6.45, 7) is 4.12. The molecule has 18 heavy (non-hydrogen) atoms. The molecule has 103 valence electrons. The van der Waals surface area contributed by atoms with Crippen molar-refractivity contribution in [2.24, 2.45) is 0 Å². The van der Waals surface area contributed by atoms with Crippen LogP contribution in [0, 0.1) is 0 Å². The summed E-state index contributed by atoms with van der Waals surface area (Å²) in [4.78, 5) is 30.2. The fraction of sp³-hybridized carbons (Fsp3) is 0.700. The van der Waals surface area contributed by atoms with Gasteiger partial charge in [0, 0.05) is 20.3 Å². The van der Waals surface area contributed by atoms with Crippen LogP contribution in [0.4, 0.5) is 0 Å². The number of aliphatic hydroxyl groups is 1. The summed E-state index contributed by atoms with van der Waals surface area (Å²) in [6, 6.07) is 0. The molecule has 0 saturated heterocycles. The first kappa shape index (κ1) is 19.4. The summed E-state index contributed by atoms with van der Waals surface area (Å²) in [5.41, 5.74) is 0. The molecule has 0 aromatic carbocycles. The summed E-state index contributed by atoms with van der Waals surface area (Å²) in [5, 5.41) is 9.00. The fourth-order valence-electron chi connectivity index (χ4n) is 0.724. The summed E-state index contributed by atoms with van der Waals surface area (Å²) in [5.74, 6) is -1.13. The average Bonchev–Trinajstić information content (AvgIpc) is 2.24. The molecule has 0 saturated carbocycles. The van der Waals surface area contributed by atoms with Crippen LogP contribution in [0.3, 0.4) is 0 Å². The van der Waals surface area contributed by atoms with Crippen molar-refractivity contribution in [1.29, 1.82) is 0 Å². The molecule has 8 heteroatoms. The van der Waals surface area contributed by atoms with Crippen molar-refractivity contribution in [2.45, 2.75) is 39.9 Å². The van der Waals surface area contributed by atoms with E-state index in [1.807, 2.05) is 0 Å². The van der Waals surface area contributed by atoms with Crippen LogP contribution in [0.25, 0.3) is 0 Å². The molecule has 0 bridgehead atoms. The number of hydrogen-bond donors (Lipinski definition) is 1. The molecule has 0 radical (unpaired) electrons. The Morgan fingerprint density at radius 1 is 1.11 bits per heavy atom. The molecular formula is C10H17O7Ti. The molecule has 0 rings (SSSR count). The number of esters is 2. The Kier molecular flexibility index (Phi) is 13.5. The second kappa shape index (κ2) is 12.5. The third-order valence-corrected chi connectivity index (χ3v) is 1.80. The first-order chi connectivity index (χ1) is 8.29. The van der Waals surface area contributed by atoms with E-state index in [2.05, 4.69) is 12.8 Å². The Balaban J connectivity index is 0. The number of carbonyl (C=O) groups is 3. The Hall–Kier alpha value is -0.916. The Labute approximate surface area is 118 Å². The van der Waals surface area contributed by atoms with Crippen LogP contribution in [-0.2, 0) is 48.0 Å². The number of hydrogen-bond acceptors (Lipinski definition) is 7. The van der Waals surface area contributed by atoms with Crippen molar-refractivity contribution in [1.82, 2.24) is 0 Å². The van der Waals surface area contributed by atoms with E-state index >= 15 is 0 Å². The van der Waals surface area contributed by atoms with Crippen LogP contribution < -0.4 is 0 Å². The molecule has 0 aliphatic heterocycles. The Morgan fingerprint density at radius 2 is 1.61 bits per heavy atom. The van der Waals surface area contributed by atoms with Crippen LogP contribution in [0.2, 0.25) is 0 Å². The molecule has 1 atom stereocenters. The predicted molar refractivity (Wildman–Crippen MR) is 55.4 cm³/mol. The molecular weight excluding hydrogens is 280 g/mol. The molecule has 0 aliphatic rings. The van der Waals surface area contributed by atoms with Gasteiger partial charge < -0.3 is 14.6 Å². The van der Waals surface area contributed by atoms with Gasteiger partial charge in [0.1, 0.15) is 0 Å². The van der Waals surface area contributed by atoms with Crippen molar-refractivity contribution in [3.8, 4) is 0 Å². The van der Waals surface area contributed by atoms with E-state index in [-0.39, 0.29) is 25.0 Å². The quantitative estimate of drug-likeness (QED) is 0.335. The van der Waals surface area contributed by atoms with Gasteiger partial charge in [0.2, 0.25) is 6.29 Å². The fourth-order valence-corrected chi connectivity index (χ4v) is 0.724. The maximum atomic E-state index is 10.3. The van der Waals surface area contributed by atoms with Gasteiger partial charge in [-0.05, 0) is 6.42 Å². The van der Waals surface area contributed by atoms with Crippen LogP contribution in [-0.4, -0.2) is 35.9 Å². The van der Waals surface area contributed by atoms with Crippen molar-refractivity contribution in [2.75, 3.05) is 6.61 Å². The third kappa shape index (κ3) is 20.5. The molecule has 0 heterocycles. The molecule has 7 nitrogen and oxygen atoms in total. The summed E-state index contributed by atoms with van der Waals surface area (Å²) >= 11 is 1.35. The zero-order valence-corrected chi connectivity index (χ0v) is 12.2. The van der Waals surface area contributed by atoms with Crippen LogP contribution >= 0.6 is 0 Å². The van der Waals surface area contributed by atoms with Gasteiger partial charge in [-0.2, -0.15) is 0 Å². The standard InChI is InChI=1S/C8H14O5.C2H4O2.Ti/c1-6(9)12-5-3-4-8(11)13-7(2)10;1-2(3)4;/h8,11H,3-5H2,1-2H3;1H3,(H,3,4);/q;;+1/p-1. The zero-order chi connectivity index (χ0) is 14.6. The topological polar surface area (TPSA) is 99.1 Å². The average molecular weight is 297 g/mol. The normalized spacial score (nSPS) is 10.4. The Bertz CT molecular complexity index is 267. The molecule has 0 fully saturated rings. The summed E-state index contributed by atoms with van der Waals surface area (Å²) < 4.78 is 13.2. The van der Waals surface area contributed by atoms with Gasteiger partial charge in [0.25, 0.3) is 0 Å². The van der Waals surface area contributed by atoms with E-state index in [0.29, 0.717) is 6.42 Å². The van der Waals surface area contributed by atoms with Crippen molar-refractivity contribution < 1.29 is 53.1 Å². The van der Waals surface area contributed by atoms with Gasteiger partial charge in [-0.3, -0.25) is 9.59 Å². The minimum atomic E-state index is -1.10. The molecule has 0 aromatic heterocycles. The van der Waals surface area contributed by atoms with Gasteiger partial charge in [0.15, 0.2) is 0 Å². The van der Waals surface area contributed by atoms with E-state index < -0.39 is 12.3 Å². The second-order valence-electron chi connectivity index (χ2n) is 3.14. The van der Waals surface area contributed by atoms with E-state index in [9.17, 15) is 14.4 Å². The van der Waals surface area contributed by atoms with Crippen molar-refractivity contribution >= 4 is 17.9 Å². The first-order valence-electron chi connectivity index (χ1n) is 5.12. The van der Waals surface area contributed by atoms with E-state index in [1.165, 1.54) is 41.6 Å². The number of ether oxygens (including phenoxy) is 2. The number of rotatable bonds is 5. The van der Waals surface area contributed by atoms with Crippen LogP contribution in [0.5, 0.6) is 0 Å². The predicted octanol–water partition coefficient (Wildman–Crippen LogP) is 0.223. The van der Waals surface area contributed by atoms with Crippen LogP contribution in [0.15, 0.2) is 0 Å². The third-order valence-electron chi connectivity index (χ3n) is 1.35. The Morgan fingerprint density at radius 3 is 1.94 bits per heavy atom. The number of carbonyl (C=O) groups excluding carboxylic acids is 3. The molecule has 0 aliphatic carbocycles. The van der Waals surface area contributed by atoms with E-state index in [0.717, 1.165) is 0 Å². The minimum absolute atomic E-state index is 0.230. The van der Waals surface area contributed by atoms with Gasteiger partial charge in [-0.15, -0.1) is 0 Å². The molecule has 1 unspecified atom stereocenters. The van der Waals surface area contributed by atoms with E-state index in [1.54, 1.807) is 0 Å². The van der Waals surface area contributed by atoms with Crippen LogP contribution in [0.1, 0.15) is 33.6 Å². The van der Waals surface area contributed by atoms with Gasteiger partial charge in [-0.25, -0.2) is 0 Å². The van der Waals surface area contributed by atoms with Gasteiger partial charge >= 0.3 is 53.8 Å². The van der Waals surface area contributed by atoms with Gasteiger partial charge in [-0.1, -0.05) is 0 Å². The first-order valence-corrected chi connectivity index (χ1v) is 5.76. The number of aliphatic hydroxyl groups excluding tert-OH is 1. The van der Waals surface area contributed by atoms with Gasteiger partial charge in [0.05, 0.1) is 6.61 Å². The summed E-state index contributed by atoms with van der Waals surface area (Å²) in [7, 11) is 0. The molecule has 0 amide bonds.